The molecule has 0 heterocycles. The van der Waals surface area contributed by atoms with Crippen molar-refractivity contribution < 1.29 is 123 Å². The number of aryl methyl sites for hydroxylation is 2. The van der Waals surface area contributed by atoms with E-state index < -0.39 is 27.1 Å². The number of hydrogen-bond acceptors (Lipinski definition) is 12. The number of hydrogen-bond donors (Lipinski definition) is 0. The van der Waals surface area contributed by atoms with Crippen molar-refractivity contribution in [3.05, 3.63) is 83.6 Å². The Balaban J connectivity index is -0.000000270. The second-order valence-corrected chi connectivity index (χ2v) is 12.7. The fraction of sp³-hybridized carbons (Fsp3) is 0.467. The van der Waals surface area contributed by atoms with Crippen LogP contribution < -0.4 is 20.0 Å². The van der Waals surface area contributed by atoms with Gasteiger partial charge in [0.05, 0.1) is 6.61 Å². The zero-order valence-corrected chi connectivity index (χ0v) is 34.8. The van der Waals surface area contributed by atoms with Crippen LogP contribution in [0.25, 0.3) is 0 Å². The van der Waals surface area contributed by atoms with E-state index >= 15 is 0 Å². The van der Waals surface area contributed by atoms with Crippen molar-refractivity contribution in [1.29, 1.82) is 0 Å². The van der Waals surface area contributed by atoms with Crippen LogP contribution in [-0.4, -0.2) is 58.3 Å². The molecule has 16 heteroatoms. The Labute approximate surface area is 324 Å². The average Bonchev–Trinajstić information content (AvgIpc) is 2.92. The van der Waals surface area contributed by atoms with Crippen molar-refractivity contribution in [3.63, 3.8) is 0 Å². The molecule has 0 spiro atoms. The molecule has 0 aromatic heterocycles. The van der Waals surface area contributed by atoms with E-state index in [4.69, 9.17) is 9.47 Å². The van der Waals surface area contributed by atoms with E-state index in [1.54, 1.807) is 25.0 Å². The second-order valence-electron chi connectivity index (χ2n) is 9.13. The first-order valence-electron chi connectivity index (χ1n) is 13.6. The summed E-state index contributed by atoms with van der Waals surface area (Å²) in [7, 11) is -7.17. The van der Waals surface area contributed by atoms with Crippen LogP contribution in [0.2, 0.25) is 0 Å². The van der Waals surface area contributed by atoms with Gasteiger partial charge in [-0.2, -0.15) is 0 Å². The van der Waals surface area contributed by atoms with Crippen LogP contribution in [-0.2, 0) is 116 Å². The Hall–Kier alpha value is -0.192. The Morgan fingerprint density at radius 1 is 0.674 bits per heavy atom. The number of ether oxygens (including phenoxy) is 2. The molecular formula is C30H44O12P2Y2-6. The Bertz CT molecular complexity index is 1120. The van der Waals surface area contributed by atoms with Crippen LogP contribution >= 0.6 is 15.2 Å². The van der Waals surface area contributed by atoms with Crippen LogP contribution in [0.15, 0.2) is 48.5 Å². The van der Waals surface area contributed by atoms with Gasteiger partial charge in [-0.05, 0) is 38.3 Å². The molecule has 258 valence electrons. The third kappa shape index (κ3) is 41.8. The molecule has 2 aromatic carbocycles. The molecule has 0 saturated carbocycles. The van der Waals surface area contributed by atoms with Gasteiger partial charge in [0, 0.05) is 104 Å². The summed E-state index contributed by atoms with van der Waals surface area (Å²) in [5.74, 6) is -2.03. The molecule has 2 unspecified atom stereocenters. The number of carboxylic acid groups (broad SMARTS) is 2. The van der Waals surface area contributed by atoms with Crippen molar-refractivity contribution in [3.8, 4) is 0 Å². The molecule has 0 bridgehead atoms. The third-order valence-corrected chi connectivity index (χ3v) is 5.91. The van der Waals surface area contributed by atoms with Gasteiger partial charge in [-0.1, -0.05) is 93.0 Å². The molecule has 2 aromatic rings. The molecule has 2 rings (SSSR count). The predicted molar refractivity (Wildman–Crippen MR) is 160 cm³/mol. The van der Waals surface area contributed by atoms with Crippen molar-refractivity contribution in [2.75, 3.05) is 46.4 Å². The normalized spacial score (nSPS) is 12.3. The molecule has 0 aliphatic heterocycles. The van der Waals surface area contributed by atoms with E-state index in [1.807, 2.05) is 57.2 Å². The minimum absolute atomic E-state index is 0. The van der Waals surface area contributed by atoms with E-state index in [0.29, 0.717) is 26.4 Å². The average molecular weight is 836 g/mol. The van der Waals surface area contributed by atoms with Crippen molar-refractivity contribution in [1.82, 2.24) is 0 Å². The minimum atomic E-state index is -3.61. The molecule has 0 aliphatic carbocycles. The van der Waals surface area contributed by atoms with Crippen LogP contribution in [0.1, 0.15) is 42.5 Å². The molecular weight excluding hydrogens is 792 g/mol. The van der Waals surface area contributed by atoms with Crippen LogP contribution in [0, 0.1) is 26.7 Å². The Kier molecular flexibility index (Phi) is 36.6. The van der Waals surface area contributed by atoms with Gasteiger partial charge in [-0.25, -0.2) is 0 Å². The summed E-state index contributed by atoms with van der Waals surface area (Å²) < 4.78 is 40.3. The van der Waals surface area contributed by atoms with Gasteiger partial charge < -0.3 is 57.2 Å². The zero-order valence-electron chi connectivity index (χ0n) is 27.4. The number of carbonyl (C=O) groups excluding carboxylic acids is 2. The maximum absolute atomic E-state index is 10.7. The molecule has 2 radical (unpaired) electrons. The van der Waals surface area contributed by atoms with Crippen LogP contribution in [0.5, 0.6) is 0 Å². The molecule has 0 N–H and O–H groups in total. The van der Waals surface area contributed by atoms with Crippen LogP contribution in [0.3, 0.4) is 0 Å². The fourth-order valence-corrected chi connectivity index (χ4v) is 3.24. The largest absolute Gasteiger partial charge is 0.779 e. The fourth-order valence-electron chi connectivity index (χ4n) is 2.49. The quantitative estimate of drug-likeness (QED) is 0.135. The van der Waals surface area contributed by atoms with Gasteiger partial charge in [-0.3, -0.25) is 12.8 Å². The maximum Gasteiger partial charge on any atom is 0.129 e. The molecule has 0 aliphatic rings. The summed E-state index contributed by atoms with van der Waals surface area (Å²) in [6, 6.07) is 15.4. The monoisotopic (exact) mass is 836 g/mol. The van der Waals surface area contributed by atoms with E-state index in [2.05, 4.69) is 9.05 Å². The summed E-state index contributed by atoms with van der Waals surface area (Å²) in [6.45, 7) is 11.6. The first-order chi connectivity index (χ1) is 20.5. The Morgan fingerprint density at radius 2 is 1.04 bits per heavy atom. The number of aliphatic carboxylic acids is 2. The third-order valence-electron chi connectivity index (χ3n) is 4.68. The maximum atomic E-state index is 10.7. The van der Waals surface area contributed by atoms with Gasteiger partial charge in [-0.15, -0.1) is 0 Å². The summed E-state index contributed by atoms with van der Waals surface area (Å²) in [5.41, 5.74) is 4.22. The molecule has 12 nitrogen and oxygen atoms in total. The van der Waals surface area contributed by atoms with Gasteiger partial charge in [0.15, 0.2) is 0 Å². The molecule has 46 heavy (non-hydrogen) atoms. The molecule has 0 fully saturated rings. The van der Waals surface area contributed by atoms with E-state index in [-0.39, 0.29) is 91.5 Å². The number of carbonyl (C=O) groups is 2. The van der Waals surface area contributed by atoms with Crippen molar-refractivity contribution in [2.24, 2.45) is 0 Å². The van der Waals surface area contributed by atoms with Crippen molar-refractivity contribution in [2.45, 2.75) is 47.1 Å². The molecule has 0 saturated heterocycles. The molecule has 0 amide bonds. The summed E-state index contributed by atoms with van der Waals surface area (Å²) in [6.07, 6.45) is 3.38. The summed E-state index contributed by atoms with van der Waals surface area (Å²) in [4.78, 5) is 40.5. The minimum Gasteiger partial charge on any atom is -0.779 e. The summed E-state index contributed by atoms with van der Waals surface area (Å²) >= 11 is 0. The number of benzene rings is 2. The van der Waals surface area contributed by atoms with Gasteiger partial charge in [0.25, 0.3) is 0 Å². The number of carboxylic acids is 2. The first kappa shape index (κ1) is 52.6. The molecule has 2 atom stereocenters. The zero-order chi connectivity index (χ0) is 34.0. The second kappa shape index (κ2) is 32.0. The summed E-state index contributed by atoms with van der Waals surface area (Å²) in [5, 5.41) is 19.4. The van der Waals surface area contributed by atoms with Gasteiger partial charge in [0.1, 0.15) is 15.2 Å². The standard InChI is InChI=1S/C12H18O4P.C9H10O2.C6H14O4P.C3H6O2.2Y/c1-11-4-6-12(7-5-11)10-15-8-3-9-16-17(2,13)14;1-7-2-4-8(5-3-7)6-9(10)11;1-3-9-5-4-6-10-11(2,7)8;1-2-3(4)5;;/h3-7H,8-10H2,1-2H3,(H,13,14);2-5H,6H2,1H3,(H,10,11);4H,3,5-6H2,1-2H3,(H,7,8);2H2,1H3,(H,4,5);;/q-1;;-1;;;/p-4. The first-order valence-corrected chi connectivity index (χ1v) is 17.6. The van der Waals surface area contributed by atoms with E-state index in [1.165, 1.54) is 12.5 Å². The van der Waals surface area contributed by atoms with E-state index in [9.17, 15) is 38.7 Å². The van der Waals surface area contributed by atoms with E-state index in [0.717, 1.165) is 30.0 Å². The topological polar surface area (TPSA) is 197 Å². The van der Waals surface area contributed by atoms with Crippen LogP contribution in [0.4, 0.5) is 0 Å². The van der Waals surface area contributed by atoms with Gasteiger partial charge >= 0.3 is 0 Å². The smallest absolute Gasteiger partial charge is 0.129 e. The van der Waals surface area contributed by atoms with Crippen molar-refractivity contribution >= 4 is 27.1 Å². The van der Waals surface area contributed by atoms with Gasteiger partial charge in [0.2, 0.25) is 0 Å². The SMILES string of the molecule is CCC(=O)[O-].CCOC[CH-]COP(C)(=O)[O-].Cc1ccc(CC(=O)[O-])cc1.Cc1ccc(COC[CH-]COP(C)(=O)[O-])cc1.[Y].[Y]. The predicted octanol–water partition coefficient (Wildman–Crippen LogP) is 1.77. The Morgan fingerprint density at radius 3 is 1.37 bits per heavy atom. The number of rotatable bonds is 16.